The number of rotatable bonds is 4. The Bertz CT molecular complexity index is 203. The average Bonchev–Trinajstić information content (AvgIpc) is 2.57. The van der Waals surface area contributed by atoms with E-state index < -0.39 is 0 Å². The zero-order chi connectivity index (χ0) is 10.3. The molecule has 3 fully saturated rings. The van der Waals surface area contributed by atoms with Gasteiger partial charge < -0.3 is 0 Å². The highest BCUT2D eigenvalue weighted by Crippen LogP contribution is 2.66. The van der Waals surface area contributed by atoms with Crippen molar-refractivity contribution in [3.8, 4) is 0 Å². The lowest BCUT2D eigenvalue weighted by atomic mass is 9.67. The Balaban J connectivity index is 1.95. The van der Waals surface area contributed by atoms with E-state index in [1.54, 1.807) is 19.3 Å². The van der Waals surface area contributed by atoms with E-state index in [-0.39, 0.29) is 0 Å². The summed E-state index contributed by atoms with van der Waals surface area (Å²) in [6.45, 7) is 7.20. The second kappa shape index (κ2) is 3.73. The predicted octanol–water partition coefficient (Wildman–Crippen LogP) is 3.99. The smallest absolute Gasteiger partial charge is 0.0103 e. The highest BCUT2D eigenvalue weighted by atomic mass is 32.2. The van der Waals surface area contributed by atoms with Crippen LogP contribution in [0, 0.1) is 11.3 Å². The molecule has 0 heterocycles. The SMILES string of the molecule is CCCC12CC(C1)[C@@H]([SH](C)C(C)C)C2. The summed E-state index contributed by atoms with van der Waals surface area (Å²) in [6, 6.07) is 0. The minimum absolute atomic E-state index is 0.319. The van der Waals surface area contributed by atoms with Gasteiger partial charge >= 0.3 is 0 Å². The van der Waals surface area contributed by atoms with Crippen LogP contribution in [0.25, 0.3) is 0 Å². The van der Waals surface area contributed by atoms with Crippen LogP contribution in [0.5, 0.6) is 0 Å². The van der Waals surface area contributed by atoms with Crippen LogP contribution in [0.2, 0.25) is 0 Å². The molecule has 1 unspecified atom stereocenters. The van der Waals surface area contributed by atoms with Crippen molar-refractivity contribution >= 4 is 10.9 Å². The van der Waals surface area contributed by atoms with Gasteiger partial charge in [-0.3, -0.25) is 10.9 Å². The minimum atomic E-state index is 0.319. The molecule has 0 N–H and O–H groups in total. The van der Waals surface area contributed by atoms with Gasteiger partial charge in [-0.1, -0.05) is 27.2 Å². The first-order chi connectivity index (χ1) is 6.58. The van der Waals surface area contributed by atoms with Gasteiger partial charge in [-0.2, -0.15) is 0 Å². The first kappa shape index (κ1) is 10.9. The fourth-order valence-electron chi connectivity index (χ4n) is 3.80. The van der Waals surface area contributed by atoms with Gasteiger partial charge in [-0.15, -0.1) is 0 Å². The second-order valence-electron chi connectivity index (χ2n) is 5.95. The maximum atomic E-state index is 2.55. The van der Waals surface area contributed by atoms with Gasteiger partial charge in [-0.05, 0) is 53.8 Å². The second-order valence-corrected chi connectivity index (χ2v) is 8.98. The summed E-state index contributed by atoms with van der Waals surface area (Å²) in [5.41, 5.74) is 0.843. The highest BCUT2D eigenvalue weighted by Gasteiger charge is 2.55. The van der Waals surface area contributed by atoms with E-state index in [4.69, 9.17) is 0 Å². The van der Waals surface area contributed by atoms with Gasteiger partial charge in [0.15, 0.2) is 0 Å². The van der Waals surface area contributed by atoms with E-state index in [1.807, 2.05) is 0 Å². The van der Waals surface area contributed by atoms with Gasteiger partial charge in [0, 0.05) is 0 Å². The molecular weight excluding hydrogens is 188 g/mol. The molecule has 0 aromatic heterocycles. The Morgan fingerprint density at radius 2 is 1.93 bits per heavy atom. The molecule has 2 atom stereocenters. The molecule has 2 bridgehead atoms. The molecule has 14 heavy (non-hydrogen) atoms. The van der Waals surface area contributed by atoms with Crippen LogP contribution in [-0.2, 0) is 0 Å². The van der Waals surface area contributed by atoms with Crippen LogP contribution >= 0.6 is 10.9 Å². The van der Waals surface area contributed by atoms with Crippen LogP contribution in [0.1, 0.15) is 52.9 Å². The molecule has 3 rings (SSSR count). The number of thiol groups is 1. The monoisotopic (exact) mass is 214 g/mol. The lowest BCUT2D eigenvalue weighted by Gasteiger charge is -2.39. The molecule has 0 amide bonds. The van der Waals surface area contributed by atoms with Gasteiger partial charge in [0.25, 0.3) is 0 Å². The lowest BCUT2D eigenvalue weighted by molar-refractivity contribution is 0.130. The Labute approximate surface area is 92.2 Å². The average molecular weight is 214 g/mol. The van der Waals surface area contributed by atoms with Crippen LogP contribution in [-0.4, -0.2) is 16.8 Å². The summed E-state index contributed by atoms with van der Waals surface area (Å²) in [7, 11) is 0.319. The van der Waals surface area contributed by atoms with E-state index in [9.17, 15) is 0 Å². The Hall–Kier alpha value is 0.350. The lowest BCUT2D eigenvalue weighted by Crippen LogP contribution is -2.28. The van der Waals surface area contributed by atoms with Crippen molar-refractivity contribution in [2.75, 3.05) is 6.26 Å². The molecule has 1 heteroatoms. The molecule has 0 aromatic rings. The molecule has 3 aliphatic rings. The van der Waals surface area contributed by atoms with Gasteiger partial charge in [0.05, 0.1) is 0 Å². The van der Waals surface area contributed by atoms with Crippen molar-refractivity contribution in [1.29, 1.82) is 0 Å². The quantitative estimate of drug-likeness (QED) is 0.672. The molecule has 3 saturated carbocycles. The topological polar surface area (TPSA) is 0 Å². The minimum Gasteiger partial charge on any atom is -0.251 e. The van der Waals surface area contributed by atoms with Gasteiger partial charge in [0.2, 0.25) is 0 Å². The highest BCUT2D eigenvalue weighted by molar-refractivity contribution is 8.17. The standard InChI is InChI=1S/C13H26S/c1-5-6-13-7-11(8-13)12(9-13)14(4)10(2)3/h10-12,14H,5-9H2,1-4H3/t11?,12-,13?/m0/s1. The Morgan fingerprint density at radius 3 is 2.43 bits per heavy atom. The van der Waals surface area contributed by atoms with E-state index in [0.29, 0.717) is 10.9 Å². The van der Waals surface area contributed by atoms with Crippen LogP contribution in [0.15, 0.2) is 0 Å². The maximum Gasteiger partial charge on any atom is -0.0103 e. The summed E-state index contributed by atoms with van der Waals surface area (Å²) in [6.07, 6.45) is 10.2. The molecule has 0 saturated heterocycles. The summed E-state index contributed by atoms with van der Waals surface area (Å²) in [5.74, 6) is 1.14. The molecule has 84 valence electrons. The third-order valence-electron chi connectivity index (χ3n) is 4.69. The number of hydrogen-bond acceptors (Lipinski definition) is 0. The molecule has 3 aliphatic carbocycles. The Morgan fingerprint density at radius 1 is 1.29 bits per heavy atom. The molecular formula is C13H26S. The zero-order valence-electron chi connectivity index (χ0n) is 10.2. The number of fused-ring (bicyclic) bond motifs is 1. The maximum absolute atomic E-state index is 2.55. The van der Waals surface area contributed by atoms with E-state index >= 15 is 0 Å². The summed E-state index contributed by atoms with van der Waals surface area (Å²) in [5, 5.41) is 2.09. The van der Waals surface area contributed by atoms with Gasteiger partial charge in [0.1, 0.15) is 0 Å². The summed E-state index contributed by atoms with van der Waals surface area (Å²) in [4.78, 5) is 0. The fourth-order valence-corrected chi connectivity index (χ4v) is 6.11. The van der Waals surface area contributed by atoms with Crippen molar-refractivity contribution < 1.29 is 0 Å². The van der Waals surface area contributed by atoms with Crippen LogP contribution < -0.4 is 0 Å². The van der Waals surface area contributed by atoms with E-state index in [0.717, 1.165) is 21.8 Å². The van der Waals surface area contributed by atoms with Crippen molar-refractivity contribution in [1.82, 2.24) is 0 Å². The van der Waals surface area contributed by atoms with Crippen molar-refractivity contribution in [3.63, 3.8) is 0 Å². The zero-order valence-corrected chi connectivity index (χ0v) is 11.1. The molecule has 0 nitrogen and oxygen atoms in total. The van der Waals surface area contributed by atoms with Crippen LogP contribution in [0.4, 0.5) is 0 Å². The van der Waals surface area contributed by atoms with Gasteiger partial charge in [-0.25, -0.2) is 0 Å². The first-order valence-electron chi connectivity index (χ1n) is 6.30. The van der Waals surface area contributed by atoms with E-state index in [1.165, 1.54) is 12.8 Å². The molecule has 0 aromatic carbocycles. The van der Waals surface area contributed by atoms with Crippen molar-refractivity contribution in [2.24, 2.45) is 11.3 Å². The third-order valence-corrected chi connectivity index (χ3v) is 7.97. The molecule has 0 radical (unpaired) electrons. The van der Waals surface area contributed by atoms with Crippen molar-refractivity contribution in [3.05, 3.63) is 0 Å². The molecule has 0 aliphatic heterocycles. The largest absolute Gasteiger partial charge is 0.251 e. The summed E-state index contributed by atoms with van der Waals surface area (Å²) >= 11 is 0. The molecule has 0 spiro atoms. The Kier molecular flexibility index (Phi) is 2.90. The third kappa shape index (κ3) is 1.62. The van der Waals surface area contributed by atoms with E-state index in [2.05, 4.69) is 27.0 Å². The number of hydrogen-bond donors (Lipinski definition) is 1. The van der Waals surface area contributed by atoms with Crippen molar-refractivity contribution in [2.45, 2.75) is 63.4 Å². The first-order valence-corrected chi connectivity index (χ1v) is 8.22. The predicted molar refractivity (Wildman–Crippen MR) is 68.5 cm³/mol. The summed E-state index contributed by atoms with van der Waals surface area (Å²) < 4.78 is 0. The fraction of sp³-hybridized carbons (Fsp3) is 1.00. The van der Waals surface area contributed by atoms with Crippen LogP contribution in [0.3, 0.4) is 0 Å². The normalized spacial score (nSPS) is 43.9.